The predicted molar refractivity (Wildman–Crippen MR) is 124 cm³/mol. The van der Waals surface area contributed by atoms with Gasteiger partial charge in [-0.25, -0.2) is 0 Å². The first kappa shape index (κ1) is 26.2. The molecule has 2 aromatic carbocycles. The minimum Gasteiger partial charge on any atom is -0.488 e. The van der Waals surface area contributed by atoms with Crippen molar-refractivity contribution in [1.82, 2.24) is 10.2 Å². The zero-order chi connectivity index (χ0) is 17.9. The zero-order valence-corrected chi connectivity index (χ0v) is 19.3. The number of rotatable bonds is 11. The summed E-state index contributed by atoms with van der Waals surface area (Å²) in [5, 5.41) is 3.52. The van der Waals surface area contributed by atoms with Crippen LogP contribution in [0.15, 0.2) is 53.0 Å². The van der Waals surface area contributed by atoms with Crippen molar-refractivity contribution in [3.8, 4) is 5.75 Å². The molecule has 0 fully saturated rings. The van der Waals surface area contributed by atoms with Crippen LogP contribution in [0, 0.1) is 0 Å². The molecule has 0 aromatic heterocycles. The monoisotopic (exact) mass is 476 g/mol. The maximum Gasteiger partial charge on any atom is 0.134 e. The topological polar surface area (TPSA) is 24.5 Å². The Kier molecular flexibility index (Phi) is 14.7. The summed E-state index contributed by atoms with van der Waals surface area (Å²) in [7, 11) is 0. The Morgan fingerprint density at radius 1 is 0.963 bits per heavy atom. The van der Waals surface area contributed by atoms with Crippen LogP contribution in [0.4, 0.5) is 0 Å². The first-order valence-corrected chi connectivity index (χ1v) is 9.90. The molecule has 0 aliphatic rings. The number of halogens is 3. The highest BCUT2D eigenvalue weighted by Gasteiger charge is 2.04. The third kappa shape index (κ3) is 9.82. The van der Waals surface area contributed by atoms with Crippen LogP contribution >= 0.6 is 40.7 Å². The van der Waals surface area contributed by atoms with Crippen LogP contribution in [0.3, 0.4) is 0 Å². The van der Waals surface area contributed by atoms with Gasteiger partial charge >= 0.3 is 0 Å². The molecule has 0 heterocycles. The number of ether oxygens (including phenoxy) is 1. The number of nitrogens with one attached hydrogen (secondary N) is 1. The van der Waals surface area contributed by atoms with E-state index in [1.54, 1.807) is 0 Å². The van der Waals surface area contributed by atoms with E-state index in [-0.39, 0.29) is 24.8 Å². The minimum absolute atomic E-state index is 0. The standard InChI is InChI=1S/C21H29BrN2O.2ClH/c1-3-24(4-2)14-8-13-23-16-19-11-12-21(20(22)15-19)25-17-18-9-6-5-7-10-18;;/h5-7,9-12,15,23H,3-4,8,13-14,16-17H2,1-2H3;2*1H. The average molecular weight is 478 g/mol. The molecule has 0 saturated heterocycles. The molecule has 6 heteroatoms. The Balaban J connectivity index is 0.00000338. The van der Waals surface area contributed by atoms with Crippen LogP contribution < -0.4 is 10.1 Å². The van der Waals surface area contributed by atoms with Crippen molar-refractivity contribution in [3.05, 3.63) is 64.1 Å². The number of benzene rings is 2. The first-order chi connectivity index (χ1) is 12.2. The summed E-state index contributed by atoms with van der Waals surface area (Å²) in [6, 6.07) is 16.5. The molecule has 3 nitrogen and oxygen atoms in total. The lowest BCUT2D eigenvalue weighted by Gasteiger charge is -2.17. The van der Waals surface area contributed by atoms with Crippen LogP contribution in [0.25, 0.3) is 0 Å². The lowest BCUT2D eigenvalue weighted by atomic mass is 10.2. The van der Waals surface area contributed by atoms with Crippen molar-refractivity contribution in [2.24, 2.45) is 0 Å². The Labute approximate surface area is 184 Å². The van der Waals surface area contributed by atoms with E-state index >= 15 is 0 Å². The highest BCUT2D eigenvalue weighted by molar-refractivity contribution is 9.10. The van der Waals surface area contributed by atoms with Gasteiger partial charge in [0.15, 0.2) is 0 Å². The third-order valence-corrected chi connectivity index (χ3v) is 4.90. The van der Waals surface area contributed by atoms with Gasteiger partial charge in [0.05, 0.1) is 4.47 Å². The molecular weight excluding hydrogens is 447 g/mol. The molecule has 27 heavy (non-hydrogen) atoms. The molecule has 0 atom stereocenters. The quantitative estimate of drug-likeness (QED) is 0.420. The van der Waals surface area contributed by atoms with Gasteiger partial charge in [0.1, 0.15) is 12.4 Å². The van der Waals surface area contributed by atoms with Crippen molar-refractivity contribution < 1.29 is 4.74 Å². The fourth-order valence-electron chi connectivity index (χ4n) is 2.71. The molecule has 0 saturated carbocycles. The van der Waals surface area contributed by atoms with Crippen molar-refractivity contribution in [3.63, 3.8) is 0 Å². The molecule has 1 N–H and O–H groups in total. The summed E-state index contributed by atoms with van der Waals surface area (Å²) in [4.78, 5) is 2.46. The fourth-order valence-corrected chi connectivity index (χ4v) is 3.25. The molecule has 0 radical (unpaired) electrons. The average Bonchev–Trinajstić information content (AvgIpc) is 2.65. The van der Waals surface area contributed by atoms with Gasteiger partial charge in [-0.2, -0.15) is 0 Å². The van der Waals surface area contributed by atoms with Crippen molar-refractivity contribution in [2.45, 2.75) is 33.4 Å². The Bertz CT molecular complexity index is 625. The molecule has 0 spiro atoms. The summed E-state index contributed by atoms with van der Waals surface area (Å²) in [5.74, 6) is 0.883. The maximum absolute atomic E-state index is 5.90. The van der Waals surface area contributed by atoms with E-state index in [1.807, 2.05) is 24.3 Å². The molecular formula is C21H31BrCl2N2O. The van der Waals surface area contributed by atoms with Crippen LogP contribution in [-0.2, 0) is 13.2 Å². The summed E-state index contributed by atoms with van der Waals surface area (Å²) < 4.78 is 6.90. The normalized spacial score (nSPS) is 10.2. The lowest BCUT2D eigenvalue weighted by Crippen LogP contribution is -2.27. The van der Waals surface area contributed by atoms with Gasteiger partial charge < -0.3 is 15.0 Å². The smallest absolute Gasteiger partial charge is 0.134 e. The highest BCUT2D eigenvalue weighted by atomic mass is 79.9. The minimum atomic E-state index is 0. The van der Waals surface area contributed by atoms with E-state index in [9.17, 15) is 0 Å². The Morgan fingerprint density at radius 2 is 1.67 bits per heavy atom. The van der Waals surface area contributed by atoms with Gasteiger partial charge in [-0.15, -0.1) is 24.8 Å². The van der Waals surface area contributed by atoms with Crippen molar-refractivity contribution in [2.75, 3.05) is 26.2 Å². The van der Waals surface area contributed by atoms with Gasteiger partial charge in [0.25, 0.3) is 0 Å². The molecule has 2 aromatic rings. The Hall–Kier alpha value is -0.780. The van der Waals surface area contributed by atoms with E-state index in [4.69, 9.17) is 4.74 Å². The first-order valence-electron chi connectivity index (χ1n) is 9.11. The highest BCUT2D eigenvalue weighted by Crippen LogP contribution is 2.26. The summed E-state index contributed by atoms with van der Waals surface area (Å²) in [6.45, 7) is 10.4. The van der Waals surface area contributed by atoms with E-state index in [0.717, 1.165) is 42.9 Å². The fraction of sp³-hybridized carbons (Fsp3) is 0.429. The van der Waals surface area contributed by atoms with Gasteiger partial charge in [0.2, 0.25) is 0 Å². The molecule has 0 amide bonds. The Morgan fingerprint density at radius 3 is 2.30 bits per heavy atom. The SMILES string of the molecule is CCN(CC)CCCNCc1ccc(OCc2ccccc2)c(Br)c1.Cl.Cl. The van der Waals surface area contributed by atoms with Gasteiger partial charge in [-0.1, -0.05) is 50.2 Å². The van der Waals surface area contributed by atoms with E-state index < -0.39 is 0 Å². The van der Waals surface area contributed by atoms with Crippen molar-refractivity contribution in [1.29, 1.82) is 0 Å². The van der Waals surface area contributed by atoms with Crippen molar-refractivity contribution >= 4 is 40.7 Å². The van der Waals surface area contributed by atoms with Crippen LogP contribution in [0.1, 0.15) is 31.4 Å². The zero-order valence-electron chi connectivity index (χ0n) is 16.1. The van der Waals surface area contributed by atoms with Gasteiger partial charge in [0, 0.05) is 6.54 Å². The number of hydrogen-bond acceptors (Lipinski definition) is 3. The summed E-state index contributed by atoms with van der Waals surface area (Å²) in [6.07, 6.45) is 1.18. The molecule has 152 valence electrons. The van der Waals surface area contributed by atoms with E-state index in [0.29, 0.717) is 6.61 Å². The van der Waals surface area contributed by atoms with Gasteiger partial charge in [-0.05, 0) is 71.8 Å². The second-order valence-corrected chi connectivity index (χ2v) is 6.95. The van der Waals surface area contributed by atoms with Crippen LogP contribution in [-0.4, -0.2) is 31.1 Å². The maximum atomic E-state index is 5.90. The molecule has 0 bridgehead atoms. The lowest BCUT2D eigenvalue weighted by molar-refractivity contribution is 0.298. The molecule has 0 aliphatic heterocycles. The predicted octanol–water partition coefficient (Wildman–Crippen LogP) is 5.69. The van der Waals surface area contributed by atoms with Crippen LogP contribution in [0.2, 0.25) is 0 Å². The number of hydrogen-bond donors (Lipinski definition) is 1. The van der Waals surface area contributed by atoms with Gasteiger partial charge in [-0.3, -0.25) is 0 Å². The second kappa shape index (κ2) is 15.2. The van der Waals surface area contributed by atoms with E-state index in [2.05, 4.69) is 64.3 Å². The largest absolute Gasteiger partial charge is 0.488 e. The third-order valence-electron chi connectivity index (χ3n) is 4.28. The summed E-state index contributed by atoms with van der Waals surface area (Å²) in [5.41, 5.74) is 2.44. The molecule has 2 rings (SSSR count). The van der Waals surface area contributed by atoms with Crippen LogP contribution in [0.5, 0.6) is 5.75 Å². The second-order valence-electron chi connectivity index (χ2n) is 6.10. The molecule has 0 aliphatic carbocycles. The number of nitrogens with zero attached hydrogens (tertiary/aromatic N) is 1. The van der Waals surface area contributed by atoms with E-state index in [1.165, 1.54) is 17.5 Å². The summed E-state index contributed by atoms with van der Waals surface area (Å²) >= 11 is 3.62. The molecule has 0 unspecified atom stereocenters.